The lowest BCUT2D eigenvalue weighted by Crippen LogP contribution is -2.23. The molecule has 0 spiro atoms. The van der Waals surface area contributed by atoms with Gasteiger partial charge >= 0.3 is 0 Å². The number of nitrogens with one attached hydrogen (secondary N) is 1. The van der Waals surface area contributed by atoms with Gasteiger partial charge in [0, 0.05) is 15.5 Å². The SMILES string of the molecule is O=C(NCc1cccc(F)c1)c1ccc(Br)cc1Br. The lowest BCUT2D eigenvalue weighted by atomic mass is 10.2. The van der Waals surface area contributed by atoms with E-state index < -0.39 is 0 Å². The predicted octanol–water partition coefficient (Wildman–Crippen LogP) is 4.28. The average molecular weight is 387 g/mol. The molecule has 0 bridgehead atoms. The maximum absolute atomic E-state index is 13.0. The van der Waals surface area contributed by atoms with Crippen LogP contribution in [0.2, 0.25) is 0 Å². The predicted molar refractivity (Wildman–Crippen MR) is 79.4 cm³/mol. The van der Waals surface area contributed by atoms with Crippen LogP contribution >= 0.6 is 31.9 Å². The second kappa shape index (κ2) is 6.30. The zero-order chi connectivity index (χ0) is 13.8. The molecule has 2 nitrogen and oxygen atoms in total. The molecule has 0 aliphatic carbocycles. The highest BCUT2D eigenvalue weighted by Gasteiger charge is 2.09. The molecule has 0 atom stereocenters. The first-order chi connectivity index (χ1) is 9.06. The molecule has 0 unspecified atom stereocenters. The highest BCUT2D eigenvalue weighted by atomic mass is 79.9. The number of rotatable bonds is 3. The van der Waals surface area contributed by atoms with Gasteiger partial charge in [0.2, 0.25) is 0 Å². The van der Waals surface area contributed by atoms with Gasteiger partial charge in [-0.15, -0.1) is 0 Å². The van der Waals surface area contributed by atoms with Crippen molar-refractivity contribution in [2.45, 2.75) is 6.54 Å². The van der Waals surface area contributed by atoms with E-state index in [2.05, 4.69) is 37.2 Å². The Morgan fingerprint density at radius 2 is 1.95 bits per heavy atom. The third kappa shape index (κ3) is 3.88. The van der Waals surface area contributed by atoms with Crippen LogP contribution in [0.5, 0.6) is 0 Å². The minimum absolute atomic E-state index is 0.205. The van der Waals surface area contributed by atoms with Crippen LogP contribution in [0.1, 0.15) is 15.9 Å². The Balaban J connectivity index is 2.05. The first-order valence-electron chi connectivity index (χ1n) is 5.54. The Morgan fingerprint density at radius 1 is 1.16 bits per heavy atom. The molecule has 98 valence electrons. The third-order valence-electron chi connectivity index (χ3n) is 2.52. The second-order valence-electron chi connectivity index (χ2n) is 3.94. The molecule has 0 heterocycles. The Hall–Kier alpha value is -1.20. The van der Waals surface area contributed by atoms with Crippen LogP contribution in [0.4, 0.5) is 4.39 Å². The van der Waals surface area contributed by atoms with Crippen LogP contribution in [0.15, 0.2) is 51.4 Å². The van der Waals surface area contributed by atoms with Crippen molar-refractivity contribution in [3.63, 3.8) is 0 Å². The van der Waals surface area contributed by atoms with Gasteiger partial charge in [0.05, 0.1) is 5.56 Å². The van der Waals surface area contributed by atoms with Gasteiger partial charge in [-0.2, -0.15) is 0 Å². The summed E-state index contributed by atoms with van der Waals surface area (Å²) in [6.45, 7) is 0.291. The molecule has 19 heavy (non-hydrogen) atoms. The Bertz CT molecular complexity index is 616. The number of benzene rings is 2. The summed E-state index contributed by atoms with van der Waals surface area (Å²) in [5.74, 6) is -0.514. The van der Waals surface area contributed by atoms with E-state index in [1.807, 2.05) is 0 Å². The van der Waals surface area contributed by atoms with Gasteiger partial charge in [0.1, 0.15) is 5.82 Å². The standard InChI is InChI=1S/C14H10Br2FNO/c15-10-4-5-12(13(16)7-10)14(19)18-8-9-2-1-3-11(17)6-9/h1-7H,8H2,(H,18,19). The van der Waals surface area contributed by atoms with Crippen LogP contribution in [0.25, 0.3) is 0 Å². The highest BCUT2D eigenvalue weighted by Crippen LogP contribution is 2.21. The number of hydrogen-bond donors (Lipinski definition) is 1. The van der Waals surface area contributed by atoms with Crippen LogP contribution in [0, 0.1) is 5.82 Å². The van der Waals surface area contributed by atoms with Crippen molar-refractivity contribution in [3.05, 3.63) is 68.4 Å². The fraction of sp³-hybridized carbons (Fsp3) is 0.0714. The van der Waals surface area contributed by atoms with Crippen LogP contribution < -0.4 is 5.32 Å². The van der Waals surface area contributed by atoms with E-state index in [0.29, 0.717) is 16.6 Å². The molecule has 1 N–H and O–H groups in total. The van der Waals surface area contributed by atoms with Crippen LogP contribution in [-0.2, 0) is 6.54 Å². The fourth-order valence-corrected chi connectivity index (χ4v) is 2.83. The van der Waals surface area contributed by atoms with Crippen molar-refractivity contribution in [1.82, 2.24) is 5.32 Å². The zero-order valence-corrected chi connectivity index (χ0v) is 13.0. The lowest BCUT2D eigenvalue weighted by Gasteiger charge is -2.07. The van der Waals surface area contributed by atoms with Crippen molar-refractivity contribution in [2.75, 3.05) is 0 Å². The summed E-state index contributed by atoms with van der Waals surface area (Å²) in [5, 5.41) is 2.75. The van der Waals surface area contributed by atoms with E-state index in [0.717, 1.165) is 10.0 Å². The van der Waals surface area contributed by atoms with Crippen LogP contribution in [0.3, 0.4) is 0 Å². The molecular formula is C14H10Br2FNO. The number of hydrogen-bond acceptors (Lipinski definition) is 1. The summed E-state index contributed by atoms with van der Waals surface area (Å²) >= 11 is 6.66. The maximum Gasteiger partial charge on any atom is 0.252 e. The summed E-state index contributed by atoms with van der Waals surface area (Å²) in [7, 11) is 0. The van der Waals surface area contributed by atoms with Crippen molar-refractivity contribution < 1.29 is 9.18 Å². The molecule has 0 radical (unpaired) electrons. The minimum atomic E-state index is -0.309. The molecule has 0 aliphatic heterocycles. The lowest BCUT2D eigenvalue weighted by molar-refractivity contribution is 0.0950. The normalized spacial score (nSPS) is 10.3. The molecule has 0 saturated heterocycles. The molecule has 2 aromatic rings. The van der Waals surface area contributed by atoms with Gasteiger partial charge in [-0.05, 0) is 51.8 Å². The van der Waals surface area contributed by atoms with Crippen molar-refractivity contribution in [3.8, 4) is 0 Å². The van der Waals surface area contributed by atoms with Gasteiger partial charge in [0.25, 0.3) is 5.91 Å². The second-order valence-corrected chi connectivity index (χ2v) is 5.71. The molecule has 1 amide bonds. The van der Waals surface area contributed by atoms with E-state index in [1.165, 1.54) is 12.1 Å². The fourth-order valence-electron chi connectivity index (χ4n) is 1.60. The molecule has 5 heteroatoms. The number of halogens is 3. The molecule has 0 aromatic heterocycles. The van der Waals surface area contributed by atoms with Crippen LogP contribution in [-0.4, -0.2) is 5.91 Å². The Labute approximate surface area is 127 Å². The van der Waals surface area contributed by atoms with Gasteiger partial charge < -0.3 is 5.32 Å². The van der Waals surface area contributed by atoms with E-state index in [4.69, 9.17) is 0 Å². The van der Waals surface area contributed by atoms with E-state index >= 15 is 0 Å². The van der Waals surface area contributed by atoms with Gasteiger partial charge in [0.15, 0.2) is 0 Å². The van der Waals surface area contributed by atoms with Gasteiger partial charge in [-0.3, -0.25) is 4.79 Å². The molecule has 2 aromatic carbocycles. The Morgan fingerprint density at radius 3 is 2.63 bits per heavy atom. The zero-order valence-electron chi connectivity index (χ0n) is 9.79. The molecule has 0 fully saturated rings. The molecule has 0 saturated carbocycles. The van der Waals surface area contributed by atoms with E-state index in [1.54, 1.807) is 30.3 Å². The highest BCUT2D eigenvalue weighted by molar-refractivity contribution is 9.11. The first kappa shape index (κ1) is 14.2. The summed E-state index contributed by atoms with van der Waals surface area (Å²) in [6.07, 6.45) is 0. The topological polar surface area (TPSA) is 29.1 Å². The number of carbonyl (C=O) groups excluding carboxylic acids is 1. The molecule has 2 rings (SSSR count). The summed E-state index contributed by atoms with van der Waals surface area (Å²) in [6, 6.07) is 11.5. The average Bonchev–Trinajstić information content (AvgIpc) is 2.36. The largest absolute Gasteiger partial charge is 0.348 e. The minimum Gasteiger partial charge on any atom is -0.348 e. The van der Waals surface area contributed by atoms with Crippen molar-refractivity contribution in [2.24, 2.45) is 0 Å². The van der Waals surface area contributed by atoms with Crippen molar-refractivity contribution >= 4 is 37.8 Å². The first-order valence-corrected chi connectivity index (χ1v) is 7.12. The Kier molecular flexibility index (Phi) is 4.71. The molecular weight excluding hydrogens is 377 g/mol. The van der Waals surface area contributed by atoms with E-state index in [9.17, 15) is 9.18 Å². The van der Waals surface area contributed by atoms with E-state index in [-0.39, 0.29) is 11.7 Å². The number of carbonyl (C=O) groups is 1. The summed E-state index contributed by atoms with van der Waals surface area (Å²) in [5.41, 5.74) is 1.26. The summed E-state index contributed by atoms with van der Waals surface area (Å²) in [4.78, 5) is 12.0. The number of amides is 1. The molecule has 0 aliphatic rings. The third-order valence-corrected chi connectivity index (χ3v) is 3.67. The van der Waals surface area contributed by atoms with Gasteiger partial charge in [-0.1, -0.05) is 28.1 Å². The van der Waals surface area contributed by atoms with Crippen molar-refractivity contribution in [1.29, 1.82) is 0 Å². The monoisotopic (exact) mass is 385 g/mol. The quantitative estimate of drug-likeness (QED) is 0.837. The smallest absolute Gasteiger partial charge is 0.252 e. The summed E-state index contributed by atoms with van der Waals surface area (Å²) < 4.78 is 14.6. The maximum atomic E-state index is 13.0. The van der Waals surface area contributed by atoms with Gasteiger partial charge in [-0.25, -0.2) is 4.39 Å².